The van der Waals surface area contributed by atoms with Gasteiger partial charge in [0, 0.05) is 18.0 Å². The molecule has 38 heavy (non-hydrogen) atoms. The summed E-state index contributed by atoms with van der Waals surface area (Å²) in [4.78, 5) is 49.9. The van der Waals surface area contributed by atoms with Gasteiger partial charge in [-0.15, -0.1) is 0 Å². The van der Waals surface area contributed by atoms with Crippen LogP contribution in [-0.2, 0) is 20.8 Å². The number of rotatable bonds is 9. The number of carboxylic acids is 1. The third kappa shape index (κ3) is 8.36. The van der Waals surface area contributed by atoms with Gasteiger partial charge in [-0.2, -0.15) is 0 Å². The van der Waals surface area contributed by atoms with Gasteiger partial charge in [-0.1, -0.05) is 54.6 Å². The average molecular weight is 522 g/mol. The van der Waals surface area contributed by atoms with Crippen molar-refractivity contribution in [1.29, 1.82) is 0 Å². The third-order valence-electron chi connectivity index (χ3n) is 5.94. The zero-order chi connectivity index (χ0) is 28.4. The number of aromatic nitrogens is 1. The predicted octanol–water partition coefficient (Wildman–Crippen LogP) is 0.328. The summed E-state index contributed by atoms with van der Waals surface area (Å²) in [5, 5.41) is 18.5. The molecule has 1 fully saturated rings. The van der Waals surface area contributed by atoms with Gasteiger partial charge in [0.1, 0.15) is 11.7 Å². The van der Waals surface area contributed by atoms with Crippen LogP contribution in [0, 0.1) is 0 Å². The molecule has 4 rings (SSSR count). The number of benzene rings is 2. The summed E-state index contributed by atoms with van der Waals surface area (Å²) in [6.45, 7) is 0.347. The molecule has 200 valence electrons. The van der Waals surface area contributed by atoms with Crippen LogP contribution in [0.15, 0.2) is 66.7 Å². The first-order chi connectivity index (χ1) is 18.7. The third-order valence-corrected chi connectivity index (χ3v) is 5.94. The van der Waals surface area contributed by atoms with Crippen molar-refractivity contribution in [2.24, 2.45) is 11.5 Å². The van der Waals surface area contributed by atoms with E-state index >= 15 is 0 Å². The van der Waals surface area contributed by atoms with E-state index in [-0.39, 0.29) is 36.1 Å². The van der Waals surface area contributed by atoms with E-state index in [1.165, 1.54) is 0 Å². The molecule has 2 heterocycles. The Bertz CT molecular complexity index is 1320. The molecule has 0 radical (unpaired) electrons. The molecule has 3 atom stereocenters. The van der Waals surface area contributed by atoms with Crippen LogP contribution in [0.5, 0.6) is 0 Å². The number of aryl methyl sites for hydroxylation is 1. The highest BCUT2D eigenvalue weighted by Crippen LogP contribution is 2.11. The number of hydrogen-bond donors (Lipinski definition) is 6. The second-order valence-electron chi connectivity index (χ2n) is 8.76. The van der Waals surface area contributed by atoms with Crippen molar-refractivity contribution in [3.05, 3.63) is 78.0 Å². The highest BCUT2D eigenvalue weighted by Gasteiger charge is 2.32. The zero-order valence-corrected chi connectivity index (χ0v) is 20.7. The highest BCUT2D eigenvalue weighted by atomic mass is 16.4. The maximum Gasteiger partial charge on any atom is 0.326 e. The van der Waals surface area contributed by atoms with E-state index in [2.05, 4.69) is 20.9 Å². The van der Waals surface area contributed by atoms with E-state index in [0.29, 0.717) is 31.3 Å². The van der Waals surface area contributed by atoms with Crippen molar-refractivity contribution in [3.63, 3.8) is 0 Å². The van der Waals surface area contributed by atoms with Gasteiger partial charge in [-0.05, 0) is 36.9 Å². The molecule has 1 saturated heterocycles. The van der Waals surface area contributed by atoms with Gasteiger partial charge >= 0.3 is 5.97 Å². The van der Waals surface area contributed by atoms with E-state index in [1.54, 1.807) is 12.1 Å². The van der Waals surface area contributed by atoms with Crippen LogP contribution in [-0.4, -0.2) is 65.0 Å². The Balaban J connectivity index is 0.000000252. The Labute approximate surface area is 221 Å². The van der Waals surface area contributed by atoms with Crippen LogP contribution in [0.25, 0.3) is 10.9 Å². The summed E-state index contributed by atoms with van der Waals surface area (Å²) in [5.41, 5.74) is 12.0. The second-order valence-corrected chi connectivity index (χ2v) is 8.76. The van der Waals surface area contributed by atoms with E-state index < -0.39 is 24.0 Å². The lowest BCUT2D eigenvalue weighted by Gasteiger charge is -2.18. The number of carbonyl (C=O) groups is 4. The second kappa shape index (κ2) is 13.8. The van der Waals surface area contributed by atoms with Gasteiger partial charge in [0.05, 0.1) is 19.5 Å². The molecule has 0 bridgehead atoms. The molecule has 0 saturated carbocycles. The molecule has 2 aromatic carbocycles. The van der Waals surface area contributed by atoms with Crippen LogP contribution in [0.3, 0.4) is 0 Å². The summed E-state index contributed by atoms with van der Waals surface area (Å²) < 4.78 is 7.52. The lowest BCUT2D eigenvalue weighted by molar-refractivity contribution is -0.142. The Morgan fingerprint density at radius 2 is 1.82 bits per heavy atom. The minimum absolute atomic E-state index is 0.0173. The number of carboxylic acid groups (broad SMARTS) is 1. The van der Waals surface area contributed by atoms with E-state index in [4.69, 9.17) is 12.8 Å². The van der Waals surface area contributed by atoms with Crippen LogP contribution in [0.2, 0.25) is 0 Å². The fourth-order valence-corrected chi connectivity index (χ4v) is 3.95. The first-order valence-electron chi connectivity index (χ1n) is 12.6. The molecule has 0 aliphatic carbocycles. The van der Waals surface area contributed by atoms with Crippen LogP contribution in [0.1, 0.15) is 30.3 Å². The fourth-order valence-electron chi connectivity index (χ4n) is 3.95. The molecule has 1 aliphatic rings. The van der Waals surface area contributed by atoms with Gasteiger partial charge in [-0.3, -0.25) is 14.4 Å². The van der Waals surface area contributed by atoms with Crippen molar-refractivity contribution < 1.29 is 25.7 Å². The zero-order valence-electron chi connectivity index (χ0n) is 21.7. The SMILES string of the molecule is NCC(=O)NC1CN[C@H](C(=O)N[C@H](CCc2ccccc2)C(=O)O)C1.[2H]c1cc2ccccc2nc1C(N)=O. The van der Waals surface area contributed by atoms with E-state index in [0.717, 1.165) is 10.9 Å². The summed E-state index contributed by atoms with van der Waals surface area (Å²) in [6, 6.07) is 16.8. The monoisotopic (exact) mass is 521 g/mol. The number of para-hydroxylation sites is 1. The molecule has 11 nitrogen and oxygen atoms in total. The van der Waals surface area contributed by atoms with Crippen LogP contribution >= 0.6 is 0 Å². The Morgan fingerprint density at radius 1 is 1.11 bits per heavy atom. The van der Waals surface area contributed by atoms with E-state index in [9.17, 15) is 24.3 Å². The first kappa shape index (κ1) is 26.7. The molecule has 1 aliphatic heterocycles. The largest absolute Gasteiger partial charge is 0.480 e. The fraction of sp³-hybridized carbons (Fsp3) is 0.296. The minimum atomic E-state index is -1.06. The predicted molar refractivity (Wildman–Crippen MR) is 142 cm³/mol. The Kier molecular flexibility index (Phi) is 9.71. The number of nitrogens with one attached hydrogen (secondary N) is 3. The Hall–Kier alpha value is -4.35. The molecule has 11 heteroatoms. The van der Waals surface area contributed by atoms with Crippen molar-refractivity contribution in [1.82, 2.24) is 20.9 Å². The number of nitrogens with two attached hydrogens (primary N) is 2. The van der Waals surface area contributed by atoms with Crippen molar-refractivity contribution in [2.45, 2.75) is 37.4 Å². The van der Waals surface area contributed by atoms with Crippen LogP contribution in [0.4, 0.5) is 0 Å². The summed E-state index contributed by atoms with van der Waals surface area (Å²) in [5.74, 6) is -2.37. The van der Waals surface area contributed by atoms with Crippen molar-refractivity contribution >= 4 is 34.6 Å². The highest BCUT2D eigenvalue weighted by molar-refractivity contribution is 5.93. The molecule has 1 aromatic heterocycles. The number of hydrogen-bond acceptors (Lipinski definition) is 7. The number of aliphatic carboxylic acids is 1. The lowest BCUT2D eigenvalue weighted by Crippen LogP contribution is -2.48. The molecular weight excluding hydrogens is 488 g/mol. The normalized spacial score (nSPS) is 17.4. The van der Waals surface area contributed by atoms with E-state index in [1.807, 2.05) is 48.5 Å². The number of nitrogens with zero attached hydrogens (tertiary/aromatic N) is 1. The topological polar surface area (TPSA) is 190 Å². The maximum atomic E-state index is 12.3. The van der Waals surface area contributed by atoms with Gasteiger partial charge < -0.3 is 32.5 Å². The summed E-state index contributed by atoms with van der Waals surface area (Å²) >= 11 is 0. The van der Waals surface area contributed by atoms with Crippen molar-refractivity contribution in [3.8, 4) is 0 Å². The maximum absolute atomic E-state index is 12.3. The molecular formula is C27H32N6O5. The first-order valence-corrected chi connectivity index (χ1v) is 12.1. The quantitative estimate of drug-likeness (QED) is 0.232. The standard InChI is InChI=1S/C17H24N4O4.C10H8N2O/c18-9-15(22)20-12-8-14(19-10-12)16(23)21-13(17(24)25)7-6-11-4-2-1-3-5-11;11-10(13)9-6-5-7-3-1-2-4-8(7)12-9/h1-5,12-14,19H,6-10,18H2,(H,20,22)(H,21,23)(H,24,25);1-6H,(H2,11,13)/t12?,13-,14+;/m1./s1/i;6D. The number of carbonyl (C=O) groups excluding carboxylic acids is 3. The summed E-state index contributed by atoms with van der Waals surface area (Å²) in [6.07, 6.45) is 1.28. The average Bonchev–Trinajstić information content (AvgIpc) is 3.39. The molecule has 3 aromatic rings. The number of pyridine rings is 1. The van der Waals surface area contributed by atoms with Crippen LogP contribution < -0.4 is 27.4 Å². The number of primary amides is 1. The van der Waals surface area contributed by atoms with Gasteiger partial charge in [0.15, 0.2) is 0 Å². The van der Waals surface area contributed by atoms with Gasteiger partial charge in [-0.25, -0.2) is 9.78 Å². The molecule has 8 N–H and O–H groups in total. The van der Waals surface area contributed by atoms with Crippen molar-refractivity contribution in [2.75, 3.05) is 13.1 Å². The Morgan fingerprint density at radius 3 is 2.50 bits per heavy atom. The minimum Gasteiger partial charge on any atom is -0.480 e. The molecule has 0 spiro atoms. The molecule has 1 unspecified atom stereocenters. The van der Waals surface area contributed by atoms with Gasteiger partial charge in [0.25, 0.3) is 5.91 Å². The number of amides is 3. The van der Waals surface area contributed by atoms with Gasteiger partial charge in [0.2, 0.25) is 11.8 Å². The lowest BCUT2D eigenvalue weighted by atomic mass is 10.0. The number of fused-ring (bicyclic) bond motifs is 1. The molecule has 3 amide bonds. The summed E-state index contributed by atoms with van der Waals surface area (Å²) in [7, 11) is 0. The smallest absolute Gasteiger partial charge is 0.326 e.